The lowest BCUT2D eigenvalue weighted by molar-refractivity contribution is -0.161. The van der Waals surface area contributed by atoms with Crippen LogP contribution in [0.1, 0.15) is 285 Å². The van der Waals surface area contributed by atoms with Gasteiger partial charge in [-0.15, -0.1) is 0 Å². The number of carbonyl (C=O) groups is 4. The van der Waals surface area contributed by atoms with E-state index in [0.29, 0.717) is 25.7 Å². The summed E-state index contributed by atoms with van der Waals surface area (Å²) in [5, 5.41) is 10.6. The molecular formula is C79H132O17P2. The first-order valence-corrected chi connectivity index (χ1v) is 40.4. The van der Waals surface area contributed by atoms with Crippen LogP contribution in [0.2, 0.25) is 0 Å². The molecule has 0 rings (SSSR count). The van der Waals surface area contributed by atoms with Gasteiger partial charge >= 0.3 is 39.5 Å². The van der Waals surface area contributed by atoms with Crippen molar-refractivity contribution in [2.24, 2.45) is 0 Å². The van der Waals surface area contributed by atoms with Crippen molar-refractivity contribution >= 4 is 39.5 Å². The Kier molecular flexibility index (Phi) is 67.2. The minimum Gasteiger partial charge on any atom is -0.462 e. The summed E-state index contributed by atoms with van der Waals surface area (Å²) in [6.45, 7) is 4.40. The average Bonchev–Trinajstić information content (AvgIpc) is 0.971. The normalized spacial score (nSPS) is 14.7. The van der Waals surface area contributed by atoms with E-state index in [0.717, 1.165) is 180 Å². The summed E-state index contributed by atoms with van der Waals surface area (Å²) >= 11 is 0. The largest absolute Gasteiger partial charge is 0.472 e. The molecule has 0 saturated carbocycles. The Morgan fingerprint density at radius 1 is 0.306 bits per heavy atom. The number of phosphoric ester groups is 2. The van der Waals surface area contributed by atoms with Crippen LogP contribution in [0.25, 0.3) is 0 Å². The fourth-order valence-corrected chi connectivity index (χ4v) is 11.0. The number of ether oxygens (including phenoxy) is 4. The third-order valence-electron chi connectivity index (χ3n) is 15.1. The van der Waals surface area contributed by atoms with Crippen LogP contribution in [0.4, 0.5) is 0 Å². The van der Waals surface area contributed by atoms with Gasteiger partial charge in [-0.3, -0.25) is 37.3 Å². The summed E-state index contributed by atoms with van der Waals surface area (Å²) in [5.74, 6) is -2.36. The van der Waals surface area contributed by atoms with Crippen molar-refractivity contribution in [3.63, 3.8) is 0 Å². The Morgan fingerprint density at radius 2 is 0.592 bits per heavy atom. The lowest BCUT2D eigenvalue weighted by atomic mass is 10.1. The minimum absolute atomic E-state index is 0.0625. The zero-order chi connectivity index (χ0) is 71.8. The quantitative estimate of drug-likeness (QED) is 0.0169. The van der Waals surface area contributed by atoms with E-state index < -0.39 is 97.5 Å². The fraction of sp³-hybridized carbons (Fsp3) is 0.671. The van der Waals surface area contributed by atoms with Crippen molar-refractivity contribution in [2.75, 3.05) is 39.6 Å². The number of aliphatic hydroxyl groups excluding tert-OH is 1. The monoisotopic (exact) mass is 1410 g/mol. The number of phosphoric acid groups is 2. The molecule has 0 aliphatic rings. The summed E-state index contributed by atoms with van der Waals surface area (Å²) < 4.78 is 68.3. The fourth-order valence-electron chi connectivity index (χ4n) is 9.46. The number of hydrogen-bond acceptors (Lipinski definition) is 15. The number of allylic oxidation sites excluding steroid dienone is 21. The highest BCUT2D eigenvalue weighted by atomic mass is 31.2. The molecule has 3 N–H and O–H groups in total. The summed E-state index contributed by atoms with van der Waals surface area (Å²) in [6, 6.07) is 0. The maximum absolute atomic E-state index is 13.1. The molecule has 5 unspecified atom stereocenters. The summed E-state index contributed by atoms with van der Waals surface area (Å²) in [6.07, 6.45) is 77.6. The Labute approximate surface area is 593 Å². The second-order valence-corrected chi connectivity index (χ2v) is 27.4. The molecule has 0 aliphatic carbocycles. The van der Waals surface area contributed by atoms with Gasteiger partial charge in [0.05, 0.1) is 32.8 Å². The number of rotatable bonds is 69. The van der Waals surface area contributed by atoms with Gasteiger partial charge in [-0.25, -0.2) is 9.13 Å². The van der Waals surface area contributed by atoms with Crippen LogP contribution in [-0.4, -0.2) is 96.7 Å². The molecule has 0 aromatic heterocycles. The Morgan fingerprint density at radius 3 is 0.959 bits per heavy atom. The predicted molar refractivity (Wildman–Crippen MR) is 399 cm³/mol. The number of esters is 4. The number of carbonyl (C=O) groups excluding carboxylic acids is 4. The van der Waals surface area contributed by atoms with Crippen LogP contribution in [0, 0.1) is 0 Å². The Hall–Kier alpha value is -4.80. The van der Waals surface area contributed by atoms with Gasteiger partial charge in [0.2, 0.25) is 0 Å². The molecule has 5 atom stereocenters. The van der Waals surface area contributed by atoms with E-state index >= 15 is 0 Å². The molecular weight excluding hydrogens is 1280 g/mol. The zero-order valence-electron chi connectivity index (χ0n) is 60.9. The second-order valence-electron chi connectivity index (χ2n) is 24.5. The van der Waals surface area contributed by atoms with Crippen molar-refractivity contribution in [3.8, 4) is 0 Å². The highest BCUT2D eigenvalue weighted by Gasteiger charge is 2.30. The van der Waals surface area contributed by atoms with E-state index in [1.54, 1.807) is 6.08 Å². The maximum atomic E-state index is 13.1. The van der Waals surface area contributed by atoms with E-state index in [1.165, 1.54) is 25.7 Å². The lowest BCUT2D eigenvalue weighted by Gasteiger charge is -2.21. The summed E-state index contributed by atoms with van der Waals surface area (Å²) in [5.41, 5.74) is 0. The van der Waals surface area contributed by atoms with Gasteiger partial charge in [-0.2, -0.15) is 0 Å². The molecule has 19 heteroatoms. The smallest absolute Gasteiger partial charge is 0.462 e. The lowest BCUT2D eigenvalue weighted by Crippen LogP contribution is -2.30. The third-order valence-corrected chi connectivity index (χ3v) is 17.0. The van der Waals surface area contributed by atoms with Gasteiger partial charge in [-0.05, 0) is 135 Å². The van der Waals surface area contributed by atoms with Gasteiger partial charge in [0, 0.05) is 19.3 Å². The first-order valence-electron chi connectivity index (χ1n) is 37.4. The number of hydrogen-bond donors (Lipinski definition) is 3. The topological polar surface area (TPSA) is 237 Å². The zero-order valence-corrected chi connectivity index (χ0v) is 62.7. The van der Waals surface area contributed by atoms with Gasteiger partial charge in [-0.1, -0.05) is 258 Å². The first-order chi connectivity index (χ1) is 47.7. The molecule has 17 nitrogen and oxygen atoms in total. The molecule has 0 bridgehead atoms. The van der Waals surface area contributed by atoms with Crippen molar-refractivity contribution < 1.29 is 80.2 Å². The molecule has 0 heterocycles. The van der Waals surface area contributed by atoms with Crippen molar-refractivity contribution in [1.29, 1.82) is 0 Å². The molecule has 0 radical (unpaired) electrons. The third kappa shape index (κ3) is 69.7. The second kappa shape index (κ2) is 70.6. The summed E-state index contributed by atoms with van der Waals surface area (Å²) in [7, 11) is -9.98. The van der Waals surface area contributed by atoms with Crippen LogP contribution < -0.4 is 0 Å². The van der Waals surface area contributed by atoms with E-state index in [4.69, 9.17) is 37.0 Å². The van der Waals surface area contributed by atoms with Gasteiger partial charge < -0.3 is 33.8 Å². The molecule has 0 aromatic carbocycles. The first kappa shape index (κ1) is 93.2. The van der Waals surface area contributed by atoms with Crippen LogP contribution >= 0.6 is 15.6 Å². The van der Waals surface area contributed by atoms with E-state index in [1.807, 2.05) is 18.2 Å². The number of unbranched alkanes of at least 4 members (excludes halogenated alkanes) is 22. The molecule has 98 heavy (non-hydrogen) atoms. The highest BCUT2D eigenvalue weighted by molar-refractivity contribution is 7.47. The van der Waals surface area contributed by atoms with Crippen LogP contribution in [0.5, 0.6) is 0 Å². The molecule has 0 aromatic rings. The molecule has 0 saturated heterocycles. The van der Waals surface area contributed by atoms with Gasteiger partial charge in [0.1, 0.15) is 19.3 Å². The minimum atomic E-state index is -5.00. The van der Waals surface area contributed by atoms with E-state index in [2.05, 4.69) is 137 Å². The molecule has 0 fully saturated rings. The number of aliphatic hydroxyl groups is 1. The van der Waals surface area contributed by atoms with E-state index in [-0.39, 0.29) is 25.7 Å². The van der Waals surface area contributed by atoms with Gasteiger partial charge in [0.25, 0.3) is 0 Å². The van der Waals surface area contributed by atoms with Crippen LogP contribution in [0.15, 0.2) is 134 Å². The van der Waals surface area contributed by atoms with E-state index in [9.17, 15) is 43.2 Å². The van der Waals surface area contributed by atoms with Crippen LogP contribution in [0.3, 0.4) is 0 Å². The Bertz CT molecular complexity index is 2380. The average molecular weight is 1420 g/mol. The molecule has 560 valence electrons. The van der Waals surface area contributed by atoms with Crippen molar-refractivity contribution in [2.45, 2.75) is 303 Å². The van der Waals surface area contributed by atoms with Gasteiger partial charge in [0.15, 0.2) is 12.2 Å². The molecule has 0 spiro atoms. The summed E-state index contributed by atoms with van der Waals surface area (Å²) in [4.78, 5) is 72.7. The van der Waals surface area contributed by atoms with Crippen molar-refractivity contribution in [1.82, 2.24) is 0 Å². The Balaban J connectivity index is 5.42. The molecule has 0 aliphatic heterocycles. The van der Waals surface area contributed by atoms with Crippen molar-refractivity contribution in [3.05, 3.63) is 134 Å². The highest BCUT2D eigenvalue weighted by Crippen LogP contribution is 2.45. The van der Waals surface area contributed by atoms with Crippen LogP contribution in [-0.2, 0) is 65.4 Å². The predicted octanol–water partition coefficient (Wildman–Crippen LogP) is 21.3. The SMILES string of the molecule is CC/C=C\C/C=C\C/C=C\C/C=C\C/C=C\CC(=O)OCC(COP(=O)(O)OCC(O)COP(=O)(O)OCC(COC(=O)CCCCCCCCC/C=C\C/C=C\C/C=C\CC)OC(=O)CCCCCCC/C=C\C/C=C\CCC)OC(=O)CCCCCCC/C=C\CCCCCC. The standard InChI is InChI=1S/C79H132O17P2/c1-5-9-13-17-21-25-29-33-35-36-38-42-44-48-52-56-60-64-77(82)90-70-75(96-79(84)66-62-58-54-50-46-40-32-28-24-20-16-12-8-4)72-94-98(87,88)92-68-73(80)67-91-97(85,86)93-71-74(95-78(83)65-61-57-53-49-45-39-31-27-23-19-15-11-7-3)69-89-76(81)63-59-55-51-47-43-41-37-34-30-26-22-18-14-10-6-2/h9-10,13-14,16,20-22,25-28,31-35,37,43,47,55,59,73-75,80H,5-8,11-12,15,17-19,23-24,29-30,36,38-42,44-46,48-54,56-58,60-72H2,1-4H3,(H,85,86)(H,87,88)/b13-9-,14-10-,20-16-,25-21-,26-22-,31-27-,32-28-,35-33-,37-34-,47-43-,59-55-. The molecule has 0 amide bonds. The maximum Gasteiger partial charge on any atom is 0.472 e.